The summed E-state index contributed by atoms with van der Waals surface area (Å²) in [5, 5.41) is 5.59. The number of sulfonamides is 1. The summed E-state index contributed by atoms with van der Waals surface area (Å²) in [5.41, 5.74) is 0. The second-order valence-electron chi connectivity index (χ2n) is 7.01. The molecule has 0 aliphatic carbocycles. The molecule has 0 bridgehead atoms. The van der Waals surface area contributed by atoms with E-state index in [0.717, 1.165) is 0 Å². The number of amides is 1. The number of benzene rings is 1. The van der Waals surface area contributed by atoms with Crippen LogP contribution in [0.1, 0.15) is 6.92 Å². The molecule has 0 aromatic heterocycles. The van der Waals surface area contributed by atoms with Crippen molar-refractivity contribution < 1.29 is 27.1 Å². The maximum absolute atomic E-state index is 13.6. The topological polar surface area (TPSA) is 100 Å². The van der Waals surface area contributed by atoms with Gasteiger partial charge in [0, 0.05) is 38.3 Å². The van der Waals surface area contributed by atoms with Gasteiger partial charge in [-0.25, -0.2) is 12.8 Å². The molecule has 3 aliphatic rings. The van der Waals surface area contributed by atoms with Gasteiger partial charge in [-0.15, -0.1) is 0 Å². The molecule has 1 amide bonds. The van der Waals surface area contributed by atoms with Crippen molar-refractivity contribution in [2.75, 3.05) is 39.4 Å². The quantitative estimate of drug-likeness (QED) is 0.687. The molecule has 2 N–H and O–H groups in total. The zero-order chi connectivity index (χ0) is 19.9. The standard InChI is InChI=1S/C17H23FN4O5S/c1-11-15(18)16(23)20-17(19-11)21-4-6-22(7-5-21)28(24,25)12-2-3-13-14(10-12)27-9-8-26-13/h2-3,10-11,15,17,19H,4-9H2,1H3,(H,20,23). The van der Waals surface area contributed by atoms with E-state index in [1.165, 1.54) is 16.4 Å². The molecule has 3 atom stereocenters. The van der Waals surface area contributed by atoms with Crippen molar-refractivity contribution in [3.8, 4) is 11.5 Å². The third-order valence-corrected chi connectivity index (χ3v) is 7.07. The lowest BCUT2D eigenvalue weighted by molar-refractivity contribution is -0.133. The van der Waals surface area contributed by atoms with Gasteiger partial charge in [0.05, 0.1) is 4.90 Å². The molecule has 11 heteroatoms. The molecule has 2 saturated heterocycles. The summed E-state index contributed by atoms with van der Waals surface area (Å²) >= 11 is 0. The maximum Gasteiger partial charge on any atom is 0.258 e. The molecule has 1 aromatic rings. The van der Waals surface area contributed by atoms with Gasteiger partial charge < -0.3 is 14.8 Å². The van der Waals surface area contributed by atoms with Gasteiger partial charge in [0.2, 0.25) is 10.0 Å². The fourth-order valence-electron chi connectivity index (χ4n) is 3.55. The van der Waals surface area contributed by atoms with Crippen LogP contribution in [-0.2, 0) is 14.8 Å². The highest BCUT2D eigenvalue weighted by atomic mass is 32.2. The lowest BCUT2D eigenvalue weighted by Gasteiger charge is -2.42. The van der Waals surface area contributed by atoms with Gasteiger partial charge in [0.25, 0.3) is 5.91 Å². The average Bonchev–Trinajstić information content (AvgIpc) is 2.71. The van der Waals surface area contributed by atoms with Crippen molar-refractivity contribution in [1.82, 2.24) is 19.8 Å². The number of hydrogen-bond donors (Lipinski definition) is 2. The van der Waals surface area contributed by atoms with E-state index in [1.807, 2.05) is 4.90 Å². The molecule has 3 aliphatic heterocycles. The minimum Gasteiger partial charge on any atom is -0.486 e. The predicted molar refractivity (Wildman–Crippen MR) is 97.2 cm³/mol. The zero-order valence-electron chi connectivity index (χ0n) is 15.4. The van der Waals surface area contributed by atoms with Crippen LogP contribution in [-0.4, -0.2) is 81.4 Å². The van der Waals surface area contributed by atoms with Gasteiger partial charge in [-0.3, -0.25) is 15.0 Å². The summed E-state index contributed by atoms with van der Waals surface area (Å²) in [6.07, 6.45) is -2.10. The van der Waals surface area contributed by atoms with E-state index in [1.54, 1.807) is 13.0 Å². The van der Waals surface area contributed by atoms with E-state index in [0.29, 0.717) is 37.8 Å². The summed E-state index contributed by atoms with van der Waals surface area (Å²) in [6.45, 7) is 3.77. The largest absolute Gasteiger partial charge is 0.486 e. The number of alkyl halides is 1. The molecule has 3 unspecified atom stereocenters. The van der Waals surface area contributed by atoms with E-state index in [2.05, 4.69) is 10.6 Å². The highest BCUT2D eigenvalue weighted by Crippen LogP contribution is 2.33. The monoisotopic (exact) mass is 414 g/mol. The number of hydrogen-bond acceptors (Lipinski definition) is 7. The fourth-order valence-corrected chi connectivity index (χ4v) is 4.99. The van der Waals surface area contributed by atoms with Crippen LogP contribution in [0.4, 0.5) is 4.39 Å². The molecule has 4 rings (SSSR count). The average molecular weight is 414 g/mol. The Morgan fingerprint density at radius 3 is 2.46 bits per heavy atom. The molecule has 28 heavy (non-hydrogen) atoms. The van der Waals surface area contributed by atoms with Crippen LogP contribution < -0.4 is 20.1 Å². The first-order chi connectivity index (χ1) is 13.4. The number of nitrogens with zero attached hydrogens (tertiary/aromatic N) is 2. The van der Waals surface area contributed by atoms with Crippen LogP contribution in [0.5, 0.6) is 11.5 Å². The van der Waals surface area contributed by atoms with Gasteiger partial charge in [-0.05, 0) is 19.1 Å². The number of nitrogens with one attached hydrogen (secondary N) is 2. The molecule has 154 valence electrons. The summed E-state index contributed by atoms with van der Waals surface area (Å²) in [4.78, 5) is 13.8. The number of fused-ring (bicyclic) bond motifs is 1. The number of carbonyl (C=O) groups excluding carboxylic acids is 1. The van der Waals surface area contributed by atoms with Gasteiger partial charge in [0.15, 0.2) is 17.7 Å². The molecule has 1 aromatic carbocycles. The molecule has 9 nitrogen and oxygen atoms in total. The number of carbonyl (C=O) groups is 1. The first kappa shape index (κ1) is 19.4. The number of halogens is 1. The van der Waals surface area contributed by atoms with E-state index in [-0.39, 0.29) is 18.0 Å². The summed E-state index contributed by atoms with van der Waals surface area (Å²) in [6, 6.07) is 4.01. The minimum atomic E-state index is -3.68. The first-order valence-electron chi connectivity index (χ1n) is 9.20. The highest BCUT2D eigenvalue weighted by Gasteiger charge is 2.38. The smallest absolute Gasteiger partial charge is 0.258 e. The normalized spacial score (nSPS) is 29.4. The Morgan fingerprint density at radius 1 is 1.11 bits per heavy atom. The van der Waals surface area contributed by atoms with Crippen molar-refractivity contribution in [3.05, 3.63) is 18.2 Å². The van der Waals surface area contributed by atoms with Crippen LogP contribution >= 0.6 is 0 Å². The third kappa shape index (κ3) is 3.54. The minimum absolute atomic E-state index is 0.156. The fraction of sp³-hybridized carbons (Fsp3) is 0.588. The van der Waals surface area contributed by atoms with Gasteiger partial charge >= 0.3 is 0 Å². The molecule has 2 fully saturated rings. The van der Waals surface area contributed by atoms with Crippen molar-refractivity contribution in [2.24, 2.45) is 0 Å². The molecule has 0 saturated carbocycles. The number of piperazine rings is 1. The van der Waals surface area contributed by atoms with Crippen molar-refractivity contribution in [3.63, 3.8) is 0 Å². The van der Waals surface area contributed by atoms with E-state index < -0.39 is 34.4 Å². The lowest BCUT2D eigenvalue weighted by atomic mass is 10.1. The van der Waals surface area contributed by atoms with Gasteiger partial charge in [-0.1, -0.05) is 0 Å². The van der Waals surface area contributed by atoms with Gasteiger partial charge in [0.1, 0.15) is 19.5 Å². The van der Waals surface area contributed by atoms with Crippen molar-refractivity contribution in [2.45, 2.75) is 30.3 Å². The SMILES string of the molecule is CC1NC(N2CCN(S(=O)(=O)c3ccc4c(c3)OCCO4)CC2)NC(=O)C1F. The van der Waals surface area contributed by atoms with Crippen LogP contribution in [0.2, 0.25) is 0 Å². The number of rotatable bonds is 3. The zero-order valence-corrected chi connectivity index (χ0v) is 16.2. The maximum atomic E-state index is 13.6. The Balaban J connectivity index is 1.42. The predicted octanol–water partition coefficient (Wildman–Crippen LogP) is -0.506. The Kier molecular flexibility index (Phi) is 5.17. The molecular weight excluding hydrogens is 391 g/mol. The van der Waals surface area contributed by atoms with Crippen LogP contribution in [0, 0.1) is 0 Å². The van der Waals surface area contributed by atoms with Crippen molar-refractivity contribution in [1.29, 1.82) is 0 Å². The molecule has 3 heterocycles. The lowest BCUT2D eigenvalue weighted by Crippen LogP contribution is -2.69. The van der Waals surface area contributed by atoms with E-state index in [4.69, 9.17) is 9.47 Å². The Labute approximate surface area is 162 Å². The van der Waals surface area contributed by atoms with Crippen LogP contribution in [0.3, 0.4) is 0 Å². The highest BCUT2D eigenvalue weighted by molar-refractivity contribution is 7.89. The Morgan fingerprint density at radius 2 is 1.79 bits per heavy atom. The second-order valence-corrected chi connectivity index (χ2v) is 8.95. The summed E-state index contributed by atoms with van der Waals surface area (Å²) in [7, 11) is -3.68. The van der Waals surface area contributed by atoms with E-state index in [9.17, 15) is 17.6 Å². The van der Waals surface area contributed by atoms with Crippen LogP contribution in [0.25, 0.3) is 0 Å². The third-order valence-electron chi connectivity index (χ3n) is 5.18. The first-order valence-corrected chi connectivity index (χ1v) is 10.6. The molecule has 0 radical (unpaired) electrons. The Bertz CT molecular complexity index is 859. The summed E-state index contributed by atoms with van der Waals surface area (Å²) < 4.78 is 51.9. The molecular formula is C17H23FN4O5S. The number of ether oxygens (including phenoxy) is 2. The summed E-state index contributed by atoms with van der Waals surface area (Å²) in [5.74, 6) is 0.312. The Hall–Kier alpha value is -1.95. The van der Waals surface area contributed by atoms with Crippen molar-refractivity contribution >= 4 is 15.9 Å². The van der Waals surface area contributed by atoms with Gasteiger partial charge in [-0.2, -0.15) is 4.31 Å². The molecule has 0 spiro atoms. The van der Waals surface area contributed by atoms with E-state index >= 15 is 0 Å². The second kappa shape index (κ2) is 7.47. The van der Waals surface area contributed by atoms with Crippen LogP contribution in [0.15, 0.2) is 23.1 Å².